The van der Waals surface area contributed by atoms with Gasteiger partial charge in [-0.15, -0.1) is 11.3 Å². The van der Waals surface area contributed by atoms with E-state index in [-0.39, 0.29) is 11.3 Å². The van der Waals surface area contributed by atoms with E-state index >= 15 is 0 Å². The van der Waals surface area contributed by atoms with Crippen LogP contribution >= 0.6 is 11.3 Å². The van der Waals surface area contributed by atoms with Gasteiger partial charge in [-0.2, -0.15) is 0 Å². The van der Waals surface area contributed by atoms with Crippen LogP contribution in [-0.4, -0.2) is 30.5 Å². The lowest BCUT2D eigenvalue weighted by Gasteiger charge is -2.34. The Hall–Kier alpha value is -1.66. The van der Waals surface area contributed by atoms with Gasteiger partial charge in [0.05, 0.1) is 6.26 Å². The van der Waals surface area contributed by atoms with Gasteiger partial charge in [-0.3, -0.25) is 4.79 Å². The van der Waals surface area contributed by atoms with Crippen LogP contribution in [0.5, 0.6) is 0 Å². The Labute approximate surface area is 134 Å². The molecule has 1 saturated heterocycles. The number of hydrogen-bond donors (Lipinski definition) is 2. The number of aryl methyl sites for hydroxylation is 1. The molecule has 0 radical (unpaired) electrons. The van der Waals surface area contributed by atoms with Crippen LogP contribution in [0, 0.1) is 12.3 Å². The van der Waals surface area contributed by atoms with Gasteiger partial charge >= 0.3 is 0 Å². The highest BCUT2D eigenvalue weighted by Gasteiger charge is 2.28. The SMILES string of the molecule is Cc1sc(-c2ccco2)nc1C(=O)NCC1(C)CCNCC1. The van der Waals surface area contributed by atoms with Crippen LogP contribution in [0.25, 0.3) is 10.8 Å². The lowest BCUT2D eigenvalue weighted by molar-refractivity contribution is 0.0917. The molecule has 1 amide bonds. The summed E-state index contributed by atoms with van der Waals surface area (Å²) in [7, 11) is 0. The van der Waals surface area contributed by atoms with Gasteiger partial charge in [0.25, 0.3) is 5.91 Å². The molecule has 0 aromatic carbocycles. The zero-order chi connectivity index (χ0) is 15.6. The average molecular weight is 319 g/mol. The number of thiazole rings is 1. The first-order valence-corrected chi connectivity index (χ1v) is 8.39. The third-order valence-electron chi connectivity index (χ3n) is 4.23. The Bertz CT molecular complexity index is 642. The Balaban J connectivity index is 1.67. The molecule has 0 unspecified atom stereocenters. The van der Waals surface area contributed by atoms with E-state index in [2.05, 4.69) is 22.5 Å². The van der Waals surface area contributed by atoms with E-state index in [1.54, 1.807) is 6.26 Å². The zero-order valence-electron chi connectivity index (χ0n) is 12.9. The van der Waals surface area contributed by atoms with Crippen LogP contribution in [0.15, 0.2) is 22.8 Å². The normalized spacial score (nSPS) is 17.4. The van der Waals surface area contributed by atoms with Gasteiger partial charge in [0, 0.05) is 11.4 Å². The number of aromatic nitrogens is 1. The number of carbonyl (C=O) groups excluding carboxylic acids is 1. The third kappa shape index (κ3) is 3.23. The molecule has 22 heavy (non-hydrogen) atoms. The van der Waals surface area contributed by atoms with Crippen molar-refractivity contribution in [1.82, 2.24) is 15.6 Å². The number of hydrogen-bond acceptors (Lipinski definition) is 5. The van der Waals surface area contributed by atoms with Gasteiger partial charge in [0.15, 0.2) is 10.8 Å². The maximum Gasteiger partial charge on any atom is 0.271 e. The second-order valence-electron chi connectivity index (χ2n) is 6.14. The minimum Gasteiger partial charge on any atom is -0.462 e. The number of nitrogens with zero attached hydrogens (tertiary/aromatic N) is 1. The molecule has 1 aliphatic rings. The molecular weight excluding hydrogens is 298 g/mol. The van der Waals surface area contributed by atoms with Gasteiger partial charge < -0.3 is 15.1 Å². The minimum atomic E-state index is -0.0914. The highest BCUT2D eigenvalue weighted by Crippen LogP contribution is 2.29. The maximum absolute atomic E-state index is 12.4. The van der Waals surface area contributed by atoms with Crippen molar-refractivity contribution in [1.29, 1.82) is 0 Å². The first-order valence-electron chi connectivity index (χ1n) is 7.58. The molecule has 0 atom stereocenters. The van der Waals surface area contributed by atoms with Crippen LogP contribution in [0.1, 0.15) is 35.1 Å². The average Bonchev–Trinajstić information content (AvgIpc) is 3.15. The van der Waals surface area contributed by atoms with Crippen molar-refractivity contribution in [3.63, 3.8) is 0 Å². The van der Waals surface area contributed by atoms with Crippen LogP contribution < -0.4 is 10.6 Å². The smallest absolute Gasteiger partial charge is 0.271 e. The Morgan fingerprint density at radius 3 is 2.95 bits per heavy atom. The zero-order valence-corrected chi connectivity index (χ0v) is 13.8. The summed E-state index contributed by atoms with van der Waals surface area (Å²) < 4.78 is 5.35. The van der Waals surface area contributed by atoms with Crippen molar-refractivity contribution in [2.24, 2.45) is 5.41 Å². The highest BCUT2D eigenvalue weighted by molar-refractivity contribution is 7.15. The fourth-order valence-corrected chi connectivity index (χ4v) is 3.58. The first-order chi connectivity index (χ1) is 10.6. The second kappa shape index (κ2) is 6.22. The molecule has 5 nitrogen and oxygen atoms in total. The van der Waals surface area contributed by atoms with Crippen molar-refractivity contribution in [3.05, 3.63) is 29.0 Å². The quantitative estimate of drug-likeness (QED) is 0.909. The van der Waals surface area contributed by atoms with E-state index < -0.39 is 0 Å². The maximum atomic E-state index is 12.4. The molecule has 3 rings (SSSR count). The molecule has 2 aromatic rings. The summed E-state index contributed by atoms with van der Waals surface area (Å²) in [6, 6.07) is 3.68. The fraction of sp³-hybridized carbons (Fsp3) is 0.500. The van der Waals surface area contributed by atoms with Crippen LogP contribution in [0.3, 0.4) is 0 Å². The summed E-state index contributed by atoms with van der Waals surface area (Å²) in [6.07, 6.45) is 3.78. The molecular formula is C16H21N3O2S. The Morgan fingerprint density at radius 2 is 2.27 bits per heavy atom. The summed E-state index contributed by atoms with van der Waals surface area (Å²) in [4.78, 5) is 17.8. The second-order valence-corrected chi connectivity index (χ2v) is 7.35. The van der Waals surface area contributed by atoms with Crippen LogP contribution in [-0.2, 0) is 0 Å². The number of nitrogens with one attached hydrogen (secondary N) is 2. The van der Waals surface area contributed by atoms with Crippen molar-refractivity contribution >= 4 is 17.2 Å². The van der Waals surface area contributed by atoms with Crippen molar-refractivity contribution in [3.8, 4) is 10.8 Å². The van der Waals surface area contributed by atoms with Crippen molar-refractivity contribution in [2.75, 3.05) is 19.6 Å². The lowest BCUT2D eigenvalue weighted by atomic mass is 9.81. The molecule has 0 spiro atoms. The van der Waals surface area contributed by atoms with Gasteiger partial charge in [-0.1, -0.05) is 6.92 Å². The Morgan fingerprint density at radius 1 is 1.50 bits per heavy atom. The molecule has 118 valence electrons. The molecule has 2 N–H and O–H groups in total. The summed E-state index contributed by atoms with van der Waals surface area (Å²) in [5.41, 5.74) is 0.684. The molecule has 6 heteroatoms. The molecule has 1 fully saturated rings. The summed E-state index contributed by atoms with van der Waals surface area (Å²) >= 11 is 1.49. The van der Waals surface area contributed by atoms with Crippen LogP contribution in [0.4, 0.5) is 0 Å². The van der Waals surface area contributed by atoms with E-state index in [1.807, 2.05) is 19.1 Å². The van der Waals surface area contributed by atoms with E-state index in [0.29, 0.717) is 18.0 Å². The van der Waals surface area contributed by atoms with E-state index in [0.717, 1.165) is 35.8 Å². The van der Waals surface area contributed by atoms with Gasteiger partial charge in [-0.05, 0) is 50.4 Å². The molecule has 3 heterocycles. The summed E-state index contributed by atoms with van der Waals surface area (Å²) in [5.74, 6) is 0.615. The van der Waals surface area contributed by atoms with Crippen molar-refractivity contribution in [2.45, 2.75) is 26.7 Å². The molecule has 0 aliphatic carbocycles. The lowest BCUT2D eigenvalue weighted by Crippen LogP contribution is -2.43. The Kier molecular flexibility index (Phi) is 4.31. The molecule has 0 saturated carbocycles. The number of piperidine rings is 1. The molecule has 0 bridgehead atoms. The van der Waals surface area contributed by atoms with Crippen molar-refractivity contribution < 1.29 is 9.21 Å². The van der Waals surface area contributed by atoms with E-state index in [9.17, 15) is 4.79 Å². The summed E-state index contributed by atoms with van der Waals surface area (Å²) in [6.45, 7) is 6.89. The van der Waals surface area contributed by atoms with E-state index in [1.165, 1.54) is 11.3 Å². The third-order valence-corrected chi connectivity index (χ3v) is 5.22. The molecule has 1 aliphatic heterocycles. The number of carbonyl (C=O) groups is 1. The standard InChI is InChI=1S/C16H21N3O2S/c1-11-13(19-15(22-11)12-4-3-9-21-12)14(20)18-10-16(2)5-7-17-8-6-16/h3-4,9,17H,5-8,10H2,1-2H3,(H,18,20). The largest absolute Gasteiger partial charge is 0.462 e. The van der Waals surface area contributed by atoms with Gasteiger partial charge in [0.1, 0.15) is 5.69 Å². The highest BCUT2D eigenvalue weighted by atomic mass is 32.1. The first kappa shape index (κ1) is 15.2. The van der Waals surface area contributed by atoms with Gasteiger partial charge in [-0.25, -0.2) is 4.98 Å². The monoisotopic (exact) mass is 319 g/mol. The predicted molar refractivity (Wildman–Crippen MR) is 87.1 cm³/mol. The number of amides is 1. The number of rotatable bonds is 4. The number of furan rings is 1. The fourth-order valence-electron chi connectivity index (χ4n) is 2.70. The topological polar surface area (TPSA) is 67.2 Å². The van der Waals surface area contributed by atoms with Crippen LogP contribution in [0.2, 0.25) is 0 Å². The minimum absolute atomic E-state index is 0.0914. The van der Waals surface area contributed by atoms with Gasteiger partial charge in [0.2, 0.25) is 0 Å². The predicted octanol–water partition coefficient (Wildman–Crippen LogP) is 2.83. The summed E-state index contributed by atoms with van der Waals surface area (Å²) in [5, 5.41) is 7.16. The van der Waals surface area contributed by atoms with E-state index in [4.69, 9.17) is 4.42 Å². The molecule has 2 aromatic heterocycles.